The van der Waals surface area contributed by atoms with Gasteiger partial charge in [-0.15, -0.1) is 0 Å². The molecule has 1 fully saturated rings. The van der Waals surface area contributed by atoms with Gasteiger partial charge in [0.2, 0.25) is 0 Å². The van der Waals surface area contributed by atoms with E-state index in [0.29, 0.717) is 17.3 Å². The minimum absolute atomic E-state index is 0.0449. The van der Waals surface area contributed by atoms with Crippen molar-refractivity contribution >= 4 is 27.5 Å². The van der Waals surface area contributed by atoms with Crippen molar-refractivity contribution in [3.8, 4) is 0 Å². The fraction of sp³-hybridized carbons (Fsp3) is 0.562. The van der Waals surface area contributed by atoms with Gasteiger partial charge in [0, 0.05) is 35.4 Å². The molecule has 116 valence electrons. The number of carbonyl (C=O) groups is 1. The van der Waals surface area contributed by atoms with Crippen LogP contribution in [0.2, 0.25) is 0 Å². The van der Waals surface area contributed by atoms with E-state index >= 15 is 0 Å². The number of halogens is 1. The van der Waals surface area contributed by atoms with Crippen molar-refractivity contribution in [1.29, 1.82) is 0 Å². The Balaban J connectivity index is 2.12. The van der Waals surface area contributed by atoms with Crippen molar-refractivity contribution < 1.29 is 4.79 Å². The van der Waals surface area contributed by atoms with Crippen molar-refractivity contribution in [3.05, 3.63) is 27.7 Å². The summed E-state index contributed by atoms with van der Waals surface area (Å²) in [6, 6.07) is 4.17. The van der Waals surface area contributed by atoms with Crippen LogP contribution >= 0.6 is 15.9 Å². The number of anilines is 1. The van der Waals surface area contributed by atoms with Crippen LogP contribution in [-0.4, -0.2) is 48.4 Å². The average molecular weight is 354 g/mol. The highest BCUT2D eigenvalue weighted by Crippen LogP contribution is 2.24. The van der Waals surface area contributed by atoms with Crippen LogP contribution in [-0.2, 0) is 0 Å². The van der Waals surface area contributed by atoms with Gasteiger partial charge in [-0.3, -0.25) is 9.69 Å². The smallest absolute Gasteiger partial charge is 0.254 e. The molecule has 4 nitrogen and oxygen atoms in total. The summed E-state index contributed by atoms with van der Waals surface area (Å²) in [5, 5.41) is 0. The Bertz CT molecular complexity index is 532. The summed E-state index contributed by atoms with van der Waals surface area (Å²) in [4.78, 5) is 17.0. The quantitative estimate of drug-likeness (QED) is 0.846. The van der Waals surface area contributed by atoms with Gasteiger partial charge >= 0.3 is 0 Å². The summed E-state index contributed by atoms with van der Waals surface area (Å²) in [6.07, 6.45) is 2.40. The summed E-state index contributed by atoms with van der Waals surface area (Å²) in [7, 11) is 1.88. The first-order valence-electron chi connectivity index (χ1n) is 7.49. The van der Waals surface area contributed by atoms with Gasteiger partial charge in [0.1, 0.15) is 0 Å². The SMILES string of the molecule is CCN1CCCC1CN(C)C(=O)c1cc(Br)cc(N)c1C. The van der Waals surface area contributed by atoms with Crippen LogP contribution in [0.1, 0.15) is 35.7 Å². The van der Waals surface area contributed by atoms with Gasteiger partial charge in [0.15, 0.2) is 0 Å². The first-order valence-corrected chi connectivity index (χ1v) is 8.28. The van der Waals surface area contributed by atoms with Crippen LogP contribution in [0.3, 0.4) is 0 Å². The van der Waals surface area contributed by atoms with Gasteiger partial charge in [0.05, 0.1) is 0 Å². The maximum atomic E-state index is 12.7. The lowest BCUT2D eigenvalue weighted by molar-refractivity contribution is 0.0754. The second-order valence-electron chi connectivity index (χ2n) is 5.78. The van der Waals surface area contributed by atoms with E-state index in [1.807, 2.05) is 31.0 Å². The number of nitrogens with zero attached hydrogens (tertiary/aromatic N) is 2. The van der Waals surface area contributed by atoms with Gasteiger partial charge in [-0.1, -0.05) is 22.9 Å². The average Bonchev–Trinajstić information content (AvgIpc) is 2.89. The van der Waals surface area contributed by atoms with Crippen molar-refractivity contribution in [1.82, 2.24) is 9.80 Å². The third kappa shape index (κ3) is 3.58. The van der Waals surface area contributed by atoms with E-state index in [0.717, 1.165) is 29.7 Å². The van der Waals surface area contributed by atoms with Crippen LogP contribution in [0.25, 0.3) is 0 Å². The Morgan fingerprint density at radius 2 is 2.24 bits per heavy atom. The van der Waals surface area contributed by atoms with Crippen molar-refractivity contribution in [3.63, 3.8) is 0 Å². The number of benzene rings is 1. The van der Waals surface area contributed by atoms with E-state index < -0.39 is 0 Å². The number of likely N-dealkylation sites (N-methyl/N-ethyl adjacent to an activating group) is 2. The molecule has 1 aromatic rings. The zero-order valence-electron chi connectivity index (χ0n) is 13.0. The molecule has 0 aliphatic carbocycles. The molecule has 0 saturated carbocycles. The maximum absolute atomic E-state index is 12.7. The van der Waals surface area contributed by atoms with Crippen LogP contribution in [0.5, 0.6) is 0 Å². The molecular weight excluding hydrogens is 330 g/mol. The molecule has 1 unspecified atom stereocenters. The third-order valence-corrected chi connectivity index (χ3v) is 4.84. The molecule has 0 bridgehead atoms. The molecule has 1 amide bonds. The highest BCUT2D eigenvalue weighted by Gasteiger charge is 2.26. The first-order chi connectivity index (χ1) is 9.93. The number of likely N-dealkylation sites (tertiary alicyclic amines) is 1. The lowest BCUT2D eigenvalue weighted by atomic mass is 10.1. The van der Waals surface area contributed by atoms with Gasteiger partial charge in [0.25, 0.3) is 5.91 Å². The Morgan fingerprint density at radius 3 is 2.90 bits per heavy atom. The molecule has 1 saturated heterocycles. The number of hydrogen-bond acceptors (Lipinski definition) is 3. The Morgan fingerprint density at radius 1 is 1.52 bits per heavy atom. The standard InChI is InChI=1S/C16H24BrN3O/c1-4-20-7-5-6-13(20)10-19(3)16(21)14-8-12(17)9-15(18)11(14)2/h8-9,13H,4-7,10,18H2,1-3H3. The van der Waals surface area contributed by atoms with Crippen LogP contribution in [0, 0.1) is 6.92 Å². The van der Waals surface area contributed by atoms with E-state index in [4.69, 9.17) is 5.73 Å². The summed E-state index contributed by atoms with van der Waals surface area (Å²) >= 11 is 3.41. The summed E-state index contributed by atoms with van der Waals surface area (Å²) < 4.78 is 0.846. The van der Waals surface area contributed by atoms with E-state index in [1.54, 1.807) is 0 Å². The predicted octanol–water partition coefficient (Wildman–Crippen LogP) is 2.90. The fourth-order valence-electron chi connectivity index (χ4n) is 3.05. The van der Waals surface area contributed by atoms with Crippen LogP contribution in [0.4, 0.5) is 5.69 Å². The number of rotatable bonds is 4. The highest BCUT2D eigenvalue weighted by atomic mass is 79.9. The van der Waals surface area contributed by atoms with Crippen molar-refractivity contribution in [2.45, 2.75) is 32.7 Å². The molecule has 1 aromatic carbocycles. The second kappa shape index (κ2) is 6.79. The van der Waals surface area contributed by atoms with E-state index in [2.05, 4.69) is 27.8 Å². The van der Waals surface area contributed by atoms with Gasteiger partial charge < -0.3 is 10.6 Å². The lowest BCUT2D eigenvalue weighted by Crippen LogP contribution is -2.41. The van der Waals surface area contributed by atoms with Crippen LogP contribution < -0.4 is 5.73 Å². The Labute approximate surface area is 135 Å². The van der Waals surface area contributed by atoms with Gasteiger partial charge in [-0.05, 0) is 50.6 Å². The van der Waals surface area contributed by atoms with Crippen molar-refractivity contribution in [2.75, 3.05) is 32.4 Å². The largest absolute Gasteiger partial charge is 0.398 e. The molecule has 1 heterocycles. The van der Waals surface area contributed by atoms with E-state index in [1.165, 1.54) is 12.8 Å². The van der Waals surface area contributed by atoms with E-state index in [-0.39, 0.29) is 5.91 Å². The summed E-state index contributed by atoms with van der Waals surface area (Å²) in [5.74, 6) is 0.0449. The number of amides is 1. The first kappa shape index (κ1) is 16.3. The summed E-state index contributed by atoms with van der Waals surface area (Å²) in [6.45, 7) is 7.05. The number of hydrogen-bond donors (Lipinski definition) is 1. The molecule has 0 radical (unpaired) electrons. The predicted molar refractivity (Wildman–Crippen MR) is 90.5 cm³/mol. The minimum Gasteiger partial charge on any atom is -0.398 e. The molecule has 1 atom stereocenters. The molecule has 1 aliphatic rings. The molecule has 1 aliphatic heterocycles. The zero-order chi connectivity index (χ0) is 15.6. The number of nitrogens with two attached hydrogens (primary N) is 1. The van der Waals surface area contributed by atoms with Gasteiger partial charge in [-0.25, -0.2) is 0 Å². The Hall–Kier alpha value is -1.07. The lowest BCUT2D eigenvalue weighted by Gasteiger charge is -2.28. The van der Waals surface area contributed by atoms with Crippen LogP contribution in [0.15, 0.2) is 16.6 Å². The molecular formula is C16H24BrN3O. The molecule has 0 aromatic heterocycles. The van der Waals surface area contributed by atoms with E-state index in [9.17, 15) is 4.79 Å². The number of carbonyl (C=O) groups excluding carboxylic acids is 1. The molecule has 2 rings (SSSR count). The van der Waals surface area contributed by atoms with Gasteiger partial charge in [-0.2, -0.15) is 0 Å². The second-order valence-corrected chi connectivity index (χ2v) is 6.69. The monoisotopic (exact) mass is 353 g/mol. The molecule has 5 heteroatoms. The topological polar surface area (TPSA) is 49.6 Å². The Kier molecular flexibility index (Phi) is 5.27. The fourth-order valence-corrected chi connectivity index (χ4v) is 3.52. The normalized spacial score (nSPS) is 19.0. The molecule has 2 N–H and O–H groups in total. The molecule has 21 heavy (non-hydrogen) atoms. The maximum Gasteiger partial charge on any atom is 0.254 e. The van der Waals surface area contributed by atoms with Crippen molar-refractivity contribution in [2.24, 2.45) is 0 Å². The minimum atomic E-state index is 0.0449. The number of nitrogen functional groups attached to an aromatic ring is 1. The molecule has 0 spiro atoms. The highest BCUT2D eigenvalue weighted by molar-refractivity contribution is 9.10. The third-order valence-electron chi connectivity index (χ3n) is 4.38. The summed E-state index contributed by atoms with van der Waals surface area (Å²) in [5.41, 5.74) is 8.15. The zero-order valence-corrected chi connectivity index (χ0v) is 14.6.